The van der Waals surface area contributed by atoms with Crippen molar-refractivity contribution in [2.45, 2.75) is 25.7 Å². The van der Waals surface area contributed by atoms with Crippen LogP contribution in [0.4, 0.5) is 0 Å². The predicted molar refractivity (Wildman–Crippen MR) is 78.0 cm³/mol. The Bertz CT molecular complexity index is 457. The summed E-state index contributed by atoms with van der Waals surface area (Å²) >= 11 is 0. The normalized spacial score (nSPS) is 25.4. The Balaban J connectivity index is 2.18. The minimum Gasteiger partial charge on any atom is -0.494 e. The number of ether oxygens (including phenoxy) is 2. The minimum atomic E-state index is -0.226. The summed E-state index contributed by atoms with van der Waals surface area (Å²) in [6.45, 7) is 6.36. The number of methoxy groups -OCH3 is 1. The van der Waals surface area contributed by atoms with Crippen molar-refractivity contribution < 1.29 is 14.3 Å². The largest absolute Gasteiger partial charge is 0.494 e. The van der Waals surface area contributed by atoms with Gasteiger partial charge >= 0.3 is 5.97 Å². The third kappa shape index (κ3) is 2.80. The fourth-order valence-electron chi connectivity index (χ4n) is 2.77. The summed E-state index contributed by atoms with van der Waals surface area (Å²) in [7, 11) is 1.45. The number of carbonyl (C=O) groups is 1. The molecule has 1 heterocycles. The molecule has 0 spiro atoms. The van der Waals surface area contributed by atoms with Gasteiger partial charge in [0.05, 0.1) is 19.6 Å². The quantitative estimate of drug-likeness (QED) is 0.838. The van der Waals surface area contributed by atoms with Gasteiger partial charge in [-0.3, -0.25) is 4.79 Å². The summed E-state index contributed by atoms with van der Waals surface area (Å²) in [6.07, 6.45) is 0.994. The van der Waals surface area contributed by atoms with Crippen molar-refractivity contribution >= 4 is 5.97 Å². The lowest BCUT2D eigenvalue weighted by molar-refractivity contribution is -0.146. The molecule has 1 aromatic rings. The summed E-state index contributed by atoms with van der Waals surface area (Å²) in [5.41, 5.74) is 0.915. The lowest BCUT2D eigenvalue weighted by atomic mass is 9.74. The first kappa shape index (κ1) is 14.9. The van der Waals surface area contributed by atoms with E-state index in [1.807, 2.05) is 24.3 Å². The van der Waals surface area contributed by atoms with Gasteiger partial charge in [0, 0.05) is 18.5 Å². The predicted octanol–water partition coefficient (Wildman–Crippen LogP) is 2.13. The molecule has 1 N–H and O–H groups in total. The molecule has 4 nitrogen and oxygen atoms in total. The first-order valence-electron chi connectivity index (χ1n) is 7.13. The molecule has 1 fully saturated rings. The molecule has 0 aliphatic carbocycles. The van der Waals surface area contributed by atoms with Crippen molar-refractivity contribution in [2.24, 2.45) is 5.92 Å². The summed E-state index contributed by atoms with van der Waals surface area (Å²) in [5.74, 6) is 0.582. The number of carbonyl (C=O) groups excluding carboxylic acids is 1. The molecule has 1 aliphatic heterocycles. The molecule has 0 radical (unpaired) electrons. The number of rotatable bonds is 5. The second-order valence-electron chi connectivity index (χ2n) is 5.50. The Kier molecular flexibility index (Phi) is 4.65. The van der Waals surface area contributed by atoms with Crippen molar-refractivity contribution in [2.75, 3.05) is 26.8 Å². The van der Waals surface area contributed by atoms with E-state index in [-0.39, 0.29) is 17.3 Å². The van der Waals surface area contributed by atoms with Crippen molar-refractivity contribution in [1.29, 1.82) is 0 Å². The molecule has 4 heteroatoms. The highest BCUT2D eigenvalue weighted by Gasteiger charge is 2.45. The lowest BCUT2D eigenvalue weighted by Gasteiger charge is -2.29. The van der Waals surface area contributed by atoms with E-state index in [0.29, 0.717) is 6.54 Å². The second kappa shape index (κ2) is 6.27. The average molecular weight is 277 g/mol. The van der Waals surface area contributed by atoms with Gasteiger partial charge in [0.15, 0.2) is 0 Å². The fourth-order valence-corrected chi connectivity index (χ4v) is 2.77. The first-order chi connectivity index (χ1) is 9.61. The van der Waals surface area contributed by atoms with E-state index in [2.05, 4.69) is 19.2 Å². The number of esters is 1. The van der Waals surface area contributed by atoms with Gasteiger partial charge in [-0.2, -0.15) is 0 Å². The lowest BCUT2D eigenvalue weighted by Crippen LogP contribution is -2.36. The molecule has 1 aliphatic rings. The molecule has 0 bridgehead atoms. The van der Waals surface area contributed by atoms with Crippen LogP contribution in [0.25, 0.3) is 0 Å². The van der Waals surface area contributed by atoms with Crippen LogP contribution in [0.3, 0.4) is 0 Å². The molecular formula is C16H23NO3. The van der Waals surface area contributed by atoms with E-state index in [1.54, 1.807) is 0 Å². The van der Waals surface area contributed by atoms with Crippen molar-refractivity contribution in [3.63, 3.8) is 0 Å². The van der Waals surface area contributed by atoms with Gasteiger partial charge in [-0.1, -0.05) is 26.0 Å². The van der Waals surface area contributed by atoms with E-state index in [1.165, 1.54) is 7.11 Å². The Labute approximate surface area is 120 Å². The zero-order valence-electron chi connectivity index (χ0n) is 12.4. The van der Waals surface area contributed by atoms with E-state index in [4.69, 9.17) is 9.47 Å². The molecule has 2 atom stereocenters. The molecule has 0 aromatic heterocycles. The topological polar surface area (TPSA) is 47.6 Å². The maximum atomic E-state index is 11.9. The molecule has 20 heavy (non-hydrogen) atoms. The van der Waals surface area contributed by atoms with E-state index in [0.717, 1.165) is 30.9 Å². The highest BCUT2D eigenvalue weighted by molar-refractivity contribution is 5.75. The smallest absolute Gasteiger partial charge is 0.310 e. The SMILES string of the molecule is CCCOc1ccc(C2(C)CNCC2C(=O)OC)cc1. The molecular weight excluding hydrogens is 254 g/mol. The van der Waals surface area contributed by atoms with Crippen LogP contribution in [0.2, 0.25) is 0 Å². The van der Waals surface area contributed by atoms with E-state index < -0.39 is 0 Å². The zero-order valence-corrected chi connectivity index (χ0v) is 12.4. The summed E-state index contributed by atoms with van der Waals surface area (Å²) in [5, 5.41) is 3.29. The Morgan fingerprint density at radius 3 is 2.70 bits per heavy atom. The maximum Gasteiger partial charge on any atom is 0.310 e. The number of benzene rings is 1. The maximum absolute atomic E-state index is 11.9. The molecule has 110 valence electrons. The molecule has 2 rings (SSSR count). The molecule has 0 amide bonds. The van der Waals surface area contributed by atoms with Crippen LogP contribution in [0.1, 0.15) is 25.8 Å². The van der Waals surface area contributed by atoms with Gasteiger partial charge in [0.1, 0.15) is 5.75 Å². The summed E-state index contributed by atoms with van der Waals surface area (Å²) in [4.78, 5) is 11.9. The van der Waals surface area contributed by atoms with Crippen LogP contribution in [0, 0.1) is 5.92 Å². The summed E-state index contributed by atoms with van der Waals surface area (Å²) in [6, 6.07) is 8.05. The Morgan fingerprint density at radius 2 is 2.10 bits per heavy atom. The average Bonchev–Trinajstić information content (AvgIpc) is 2.88. The van der Waals surface area contributed by atoms with Crippen LogP contribution < -0.4 is 10.1 Å². The van der Waals surface area contributed by atoms with Gasteiger partial charge in [0.2, 0.25) is 0 Å². The Morgan fingerprint density at radius 1 is 1.40 bits per heavy atom. The molecule has 1 aromatic carbocycles. The minimum absolute atomic E-state index is 0.144. The van der Waals surface area contributed by atoms with Crippen LogP contribution in [0.5, 0.6) is 5.75 Å². The van der Waals surface area contributed by atoms with Gasteiger partial charge in [0.25, 0.3) is 0 Å². The van der Waals surface area contributed by atoms with Crippen molar-refractivity contribution in [3.05, 3.63) is 29.8 Å². The monoisotopic (exact) mass is 277 g/mol. The van der Waals surface area contributed by atoms with Crippen molar-refractivity contribution in [3.8, 4) is 5.75 Å². The molecule has 0 saturated carbocycles. The highest BCUT2D eigenvalue weighted by Crippen LogP contribution is 2.36. The van der Waals surface area contributed by atoms with Crippen molar-refractivity contribution in [1.82, 2.24) is 5.32 Å². The second-order valence-corrected chi connectivity index (χ2v) is 5.50. The molecule has 1 saturated heterocycles. The van der Waals surface area contributed by atoms with Crippen LogP contribution in [-0.2, 0) is 14.9 Å². The zero-order chi connectivity index (χ0) is 14.6. The summed E-state index contributed by atoms with van der Waals surface area (Å²) < 4.78 is 10.5. The third-order valence-electron chi connectivity index (χ3n) is 4.08. The van der Waals surface area contributed by atoms with Gasteiger partial charge < -0.3 is 14.8 Å². The Hall–Kier alpha value is -1.55. The third-order valence-corrected chi connectivity index (χ3v) is 4.08. The van der Waals surface area contributed by atoms with Crippen LogP contribution in [-0.4, -0.2) is 32.8 Å². The number of nitrogens with one attached hydrogen (secondary N) is 1. The van der Waals surface area contributed by atoms with Crippen LogP contribution in [0.15, 0.2) is 24.3 Å². The van der Waals surface area contributed by atoms with Gasteiger partial charge in [-0.05, 0) is 24.1 Å². The standard InChI is InChI=1S/C16H23NO3/c1-4-9-20-13-7-5-12(6-8-13)16(2)11-17-10-14(16)15(18)19-3/h5-8,14,17H,4,9-11H2,1-3H3. The molecule has 2 unspecified atom stereocenters. The van der Waals surface area contributed by atoms with Crippen LogP contribution >= 0.6 is 0 Å². The van der Waals surface area contributed by atoms with Gasteiger partial charge in [-0.15, -0.1) is 0 Å². The number of hydrogen-bond acceptors (Lipinski definition) is 4. The van der Waals surface area contributed by atoms with E-state index >= 15 is 0 Å². The number of hydrogen-bond donors (Lipinski definition) is 1. The highest BCUT2D eigenvalue weighted by atomic mass is 16.5. The van der Waals surface area contributed by atoms with Gasteiger partial charge in [-0.25, -0.2) is 0 Å². The fraction of sp³-hybridized carbons (Fsp3) is 0.562. The van der Waals surface area contributed by atoms with E-state index in [9.17, 15) is 4.79 Å². The first-order valence-corrected chi connectivity index (χ1v) is 7.13.